The molecule has 1 aromatic carbocycles. The van der Waals surface area contributed by atoms with E-state index in [0.717, 1.165) is 41.3 Å². The van der Waals surface area contributed by atoms with Gasteiger partial charge < -0.3 is 9.88 Å². The number of H-pyrrole nitrogens is 1. The predicted octanol–water partition coefficient (Wildman–Crippen LogP) is 4.16. The first-order chi connectivity index (χ1) is 10.8. The van der Waals surface area contributed by atoms with Gasteiger partial charge in [-0.1, -0.05) is 32.9 Å². The maximum absolute atomic E-state index is 12.7. The first-order valence-corrected chi connectivity index (χ1v) is 8.24. The van der Waals surface area contributed by atoms with Gasteiger partial charge in [-0.25, -0.2) is 4.98 Å². The van der Waals surface area contributed by atoms with Gasteiger partial charge in [0.2, 0.25) is 0 Å². The number of aromatic amines is 1. The van der Waals surface area contributed by atoms with E-state index in [9.17, 15) is 4.79 Å². The van der Waals surface area contributed by atoms with Gasteiger partial charge in [-0.15, -0.1) is 0 Å². The van der Waals surface area contributed by atoms with Crippen LogP contribution in [0.3, 0.4) is 0 Å². The highest BCUT2D eigenvalue weighted by atomic mass is 16.2. The highest BCUT2D eigenvalue weighted by Crippen LogP contribution is 2.27. The molecule has 0 aliphatic rings. The molecule has 4 heteroatoms. The van der Waals surface area contributed by atoms with Crippen molar-refractivity contribution in [3.8, 4) is 11.3 Å². The molecule has 2 rings (SSSR count). The van der Waals surface area contributed by atoms with E-state index >= 15 is 0 Å². The molecule has 1 amide bonds. The Hall–Kier alpha value is -2.10. The molecule has 1 N–H and O–H groups in total. The number of imidazole rings is 1. The number of hydrogen-bond acceptors (Lipinski definition) is 2. The summed E-state index contributed by atoms with van der Waals surface area (Å²) in [5.74, 6) is 1.04. The van der Waals surface area contributed by atoms with Gasteiger partial charge in [-0.05, 0) is 32.4 Å². The van der Waals surface area contributed by atoms with Gasteiger partial charge in [0, 0.05) is 29.6 Å². The summed E-state index contributed by atoms with van der Waals surface area (Å²) >= 11 is 0. The van der Waals surface area contributed by atoms with Crippen LogP contribution in [0.25, 0.3) is 11.3 Å². The largest absolute Gasteiger partial charge is 0.342 e. The van der Waals surface area contributed by atoms with E-state index in [1.54, 1.807) is 0 Å². The number of benzene rings is 1. The Bertz CT molecular complexity index is 691. The Morgan fingerprint density at radius 1 is 1.22 bits per heavy atom. The van der Waals surface area contributed by atoms with Gasteiger partial charge in [0.15, 0.2) is 0 Å². The summed E-state index contributed by atoms with van der Waals surface area (Å²) in [5, 5.41) is 0. The van der Waals surface area contributed by atoms with E-state index in [2.05, 4.69) is 30.7 Å². The van der Waals surface area contributed by atoms with Crippen molar-refractivity contribution in [1.82, 2.24) is 14.9 Å². The third-order valence-electron chi connectivity index (χ3n) is 4.19. The summed E-state index contributed by atoms with van der Waals surface area (Å²) in [6, 6.07) is 5.88. The molecule has 0 saturated carbocycles. The molecule has 0 aliphatic carbocycles. The summed E-state index contributed by atoms with van der Waals surface area (Å²) in [6.45, 7) is 13.8. The smallest absolute Gasteiger partial charge is 0.254 e. The van der Waals surface area contributed by atoms with E-state index in [1.807, 2.05) is 50.1 Å². The zero-order valence-corrected chi connectivity index (χ0v) is 15.0. The van der Waals surface area contributed by atoms with Crippen LogP contribution >= 0.6 is 0 Å². The lowest BCUT2D eigenvalue weighted by atomic mass is 9.96. The molecule has 2 aromatic rings. The SMILES string of the molecule is CCN(CC)C(=O)c1cccc(-c2cnc(C(C)(C)C)[nH]2)c1C. The summed E-state index contributed by atoms with van der Waals surface area (Å²) < 4.78 is 0. The monoisotopic (exact) mass is 313 g/mol. The fourth-order valence-corrected chi connectivity index (χ4v) is 2.68. The fourth-order valence-electron chi connectivity index (χ4n) is 2.68. The Kier molecular flexibility index (Phi) is 4.93. The third-order valence-corrected chi connectivity index (χ3v) is 4.19. The van der Waals surface area contributed by atoms with E-state index in [1.165, 1.54) is 0 Å². The second-order valence-corrected chi connectivity index (χ2v) is 6.85. The van der Waals surface area contributed by atoms with Crippen molar-refractivity contribution in [3.63, 3.8) is 0 Å². The minimum absolute atomic E-state index is 0.0270. The molecule has 0 saturated heterocycles. The minimum atomic E-state index is -0.0270. The Balaban J connectivity index is 2.44. The predicted molar refractivity (Wildman–Crippen MR) is 94.7 cm³/mol. The molecule has 0 atom stereocenters. The zero-order chi connectivity index (χ0) is 17.2. The summed E-state index contributed by atoms with van der Waals surface area (Å²) in [6.07, 6.45) is 1.86. The van der Waals surface area contributed by atoms with Crippen molar-refractivity contribution in [3.05, 3.63) is 41.3 Å². The molecule has 0 fully saturated rings. The Morgan fingerprint density at radius 2 is 1.87 bits per heavy atom. The number of hydrogen-bond donors (Lipinski definition) is 1. The Morgan fingerprint density at radius 3 is 2.39 bits per heavy atom. The second-order valence-electron chi connectivity index (χ2n) is 6.85. The topological polar surface area (TPSA) is 49.0 Å². The second kappa shape index (κ2) is 6.57. The van der Waals surface area contributed by atoms with Crippen LogP contribution in [0.2, 0.25) is 0 Å². The Labute approximate surface area is 138 Å². The van der Waals surface area contributed by atoms with Crippen LogP contribution in [0.1, 0.15) is 56.4 Å². The maximum atomic E-state index is 12.7. The van der Waals surface area contributed by atoms with Crippen molar-refractivity contribution >= 4 is 5.91 Å². The zero-order valence-electron chi connectivity index (χ0n) is 15.0. The third kappa shape index (κ3) is 3.46. The van der Waals surface area contributed by atoms with Crippen molar-refractivity contribution in [2.75, 3.05) is 13.1 Å². The number of nitrogens with zero attached hydrogens (tertiary/aromatic N) is 2. The first-order valence-electron chi connectivity index (χ1n) is 8.24. The van der Waals surface area contributed by atoms with Crippen LogP contribution in [0.4, 0.5) is 0 Å². The molecule has 1 heterocycles. The van der Waals surface area contributed by atoms with Gasteiger partial charge in [-0.2, -0.15) is 0 Å². The number of aromatic nitrogens is 2. The molecule has 4 nitrogen and oxygen atoms in total. The van der Waals surface area contributed by atoms with E-state index in [4.69, 9.17) is 0 Å². The molecular weight excluding hydrogens is 286 g/mol. The van der Waals surface area contributed by atoms with E-state index in [-0.39, 0.29) is 11.3 Å². The highest BCUT2D eigenvalue weighted by molar-refractivity contribution is 5.97. The number of carbonyl (C=O) groups is 1. The number of rotatable bonds is 4. The molecule has 124 valence electrons. The van der Waals surface area contributed by atoms with Gasteiger partial charge in [0.25, 0.3) is 5.91 Å². The average Bonchev–Trinajstić information content (AvgIpc) is 2.98. The minimum Gasteiger partial charge on any atom is -0.342 e. The lowest BCUT2D eigenvalue weighted by Gasteiger charge is -2.20. The van der Waals surface area contributed by atoms with Gasteiger partial charge in [0.1, 0.15) is 5.82 Å². The molecule has 0 spiro atoms. The van der Waals surface area contributed by atoms with Crippen molar-refractivity contribution in [1.29, 1.82) is 0 Å². The number of carbonyl (C=O) groups excluding carboxylic acids is 1. The number of nitrogens with one attached hydrogen (secondary N) is 1. The maximum Gasteiger partial charge on any atom is 0.254 e. The average molecular weight is 313 g/mol. The van der Waals surface area contributed by atoms with Crippen molar-refractivity contribution in [2.24, 2.45) is 0 Å². The van der Waals surface area contributed by atoms with Gasteiger partial charge >= 0.3 is 0 Å². The molecule has 0 bridgehead atoms. The summed E-state index contributed by atoms with van der Waals surface area (Å²) in [7, 11) is 0. The van der Waals surface area contributed by atoms with Crippen LogP contribution in [0.15, 0.2) is 24.4 Å². The molecule has 0 aliphatic heterocycles. The van der Waals surface area contributed by atoms with E-state index < -0.39 is 0 Å². The normalized spacial score (nSPS) is 11.6. The molecular formula is C19H27N3O. The molecule has 0 unspecified atom stereocenters. The summed E-state index contributed by atoms with van der Waals surface area (Å²) in [5.41, 5.74) is 3.72. The van der Waals surface area contributed by atoms with Gasteiger partial charge in [0.05, 0.1) is 11.9 Å². The van der Waals surface area contributed by atoms with Crippen molar-refractivity contribution in [2.45, 2.75) is 47.0 Å². The van der Waals surface area contributed by atoms with E-state index in [0.29, 0.717) is 0 Å². The standard InChI is InChI=1S/C19H27N3O/c1-7-22(8-2)17(23)15-11-9-10-14(13(15)3)16-12-20-18(21-16)19(4,5)6/h9-12H,7-8H2,1-6H3,(H,20,21). The molecule has 23 heavy (non-hydrogen) atoms. The number of amides is 1. The van der Waals surface area contributed by atoms with Crippen molar-refractivity contribution < 1.29 is 4.79 Å². The fraction of sp³-hybridized carbons (Fsp3) is 0.474. The van der Waals surface area contributed by atoms with Crippen LogP contribution in [-0.2, 0) is 5.41 Å². The quantitative estimate of drug-likeness (QED) is 0.921. The van der Waals surface area contributed by atoms with Crippen LogP contribution in [-0.4, -0.2) is 33.9 Å². The molecule has 0 radical (unpaired) electrons. The summed E-state index contributed by atoms with van der Waals surface area (Å²) in [4.78, 5) is 22.4. The lowest BCUT2D eigenvalue weighted by Crippen LogP contribution is -2.31. The first kappa shape index (κ1) is 17.3. The van der Waals surface area contributed by atoms with Crippen LogP contribution < -0.4 is 0 Å². The van der Waals surface area contributed by atoms with Crippen LogP contribution in [0, 0.1) is 6.92 Å². The van der Waals surface area contributed by atoms with Crippen LogP contribution in [0.5, 0.6) is 0 Å². The highest BCUT2D eigenvalue weighted by Gasteiger charge is 2.20. The van der Waals surface area contributed by atoms with Gasteiger partial charge in [-0.3, -0.25) is 4.79 Å². The lowest BCUT2D eigenvalue weighted by molar-refractivity contribution is 0.0772. The molecule has 1 aromatic heterocycles.